The number of pyridine rings is 1. The zero-order chi connectivity index (χ0) is 15.4. The number of amides is 1. The standard InChI is InChI=1S/C13H13BrN4O3/c1-2-5-17-8-10(18(20)21)7-11(17)13(19)16-12-6-9(14)3-4-15-12/h3-4,6-8H,2,5H2,1H3,(H,15,16,19). The number of nitro groups is 1. The summed E-state index contributed by atoms with van der Waals surface area (Å²) in [6.07, 6.45) is 3.68. The maximum atomic E-state index is 12.2. The van der Waals surface area contributed by atoms with Gasteiger partial charge in [-0.1, -0.05) is 22.9 Å². The van der Waals surface area contributed by atoms with Gasteiger partial charge in [0.1, 0.15) is 11.5 Å². The van der Waals surface area contributed by atoms with E-state index in [1.54, 1.807) is 22.9 Å². The molecule has 2 aromatic rings. The van der Waals surface area contributed by atoms with Gasteiger partial charge in [0.2, 0.25) is 0 Å². The molecule has 0 aliphatic heterocycles. The molecule has 2 heterocycles. The van der Waals surface area contributed by atoms with Gasteiger partial charge in [0.15, 0.2) is 0 Å². The van der Waals surface area contributed by atoms with Crippen LogP contribution in [0.3, 0.4) is 0 Å². The summed E-state index contributed by atoms with van der Waals surface area (Å²) in [5.41, 5.74) is 0.140. The monoisotopic (exact) mass is 352 g/mol. The van der Waals surface area contributed by atoms with E-state index in [-0.39, 0.29) is 11.4 Å². The van der Waals surface area contributed by atoms with Crippen molar-refractivity contribution in [2.75, 3.05) is 5.32 Å². The molecule has 21 heavy (non-hydrogen) atoms. The fraction of sp³-hybridized carbons (Fsp3) is 0.231. The Kier molecular flexibility index (Phi) is 4.69. The number of rotatable bonds is 5. The normalized spacial score (nSPS) is 10.4. The molecular weight excluding hydrogens is 340 g/mol. The third-order valence-electron chi connectivity index (χ3n) is 2.75. The van der Waals surface area contributed by atoms with Crippen molar-refractivity contribution >= 4 is 33.3 Å². The fourth-order valence-corrected chi connectivity index (χ4v) is 2.20. The Morgan fingerprint density at radius 3 is 2.90 bits per heavy atom. The molecule has 0 saturated carbocycles. The number of carbonyl (C=O) groups is 1. The average molecular weight is 353 g/mol. The molecule has 0 saturated heterocycles. The van der Waals surface area contributed by atoms with Crippen LogP contribution in [0.1, 0.15) is 23.8 Å². The summed E-state index contributed by atoms with van der Waals surface area (Å²) in [7, 11) is 0. The lowest BCUT2D eigenvalue weighted by molar-refractivity contribution is -0.384. The molecule has 8 heteroatoms. The van der Waals surface area contributed by atoms with Crippen molar-refractivity contribution in [3.63, 3.8) is 0 Å². The van der Waals surface area contributed by atoms with Crippen molar-refractivity contribution in [2.45, 2.75) is 19.9 Å². The van der Waals surface area contributed by atoms with Crippen LogP contribution in [0.5, 0.6) is 0 Å². The quantitative estimate of drug-likeness (QED) is 0.660. The first kappa shape index (κ1) is 15.2. The number of aromatic nitrogens is 2. The lowest BCUT2D eigenvalue weighted by Gasteiger charge is -2.07. The molecule has 1 N–H and O–H groups in total. The minimum absolute atomic E-state index is 0.101. The van der Waals surface area contributed by atoms with E-state index < -0.39 is 10.8 Å². The van der Waals surface area contributed by atoms with Crippen LogP contribution in [0, 0.1) is 10.1 Å². The van der Waals surface area contributed by atoms with E-state index >= 15 is 0 Å². The zero-order valence-corrected chi connectivity index (χ0v) is 12.8. The highest BCUT2D eigenvalue weighted by Crippen LogP contribution is 2.19. The highest BCUT2D eigenvalue weighted by Gasteiger charge is 2.19. The SMILES string of the molecule is CCCn1cc([N+](=O)[O-])cc1C(=O)Nc1cc(Br)ccn1. The van der Waals surface area contributed by atoms with E-state index in [4.69, 9.17) is 0 Å². The maximum absolute atomic E-state index is 12.2. The second-order valence-electron chi connectivity index (χ2n) is 4.35. The minimum atomic E-state index is -0.514. The van der Waals surface area contributed by atoms with E-state index in [2.05, 4.69) is 26.2 Å². The lowest BCUT2D eigenvalue weighted by Crippen LogP contribution is -2.17. The molecule has 0 fully saturated rings. The molecule has 110 valence electrons. The molecule has 0 atom stereocenters. The van der Waals surface area contributed by atoms with Crippen molar-refractivity contribution < 1.29 is 9.72 Å². The second kappa shape index (κ2) is 6.49. The number of aryl methyl sites for hydroxylation is 1. The van der Waals surface area contributed by atoms with Gasteiger partial charge in [-0.15, -0.1) is 0 Å². The number of hydrogen-bond donors (Lipinski definition) is 1. The molecule has 0 aliphatic rings. The molecule has 7 nitrogen and oxygen atoms in total. The van der Waals surface area contributed by atoms with Crippen LogP contribution in [0.25, 0.3) is 0 Å². The summed E-state index contributed by atoms with van der Waals surface area (Å²) in [5.74, 6) is -0.0524. The Morgan fingerprint density at radius 2 is 2.29 bits per heavy atom. The molecule has 0 spiro atoms. The van der Waals surface area contributed by atoms with Gasteiger partial charge < -0.3 is 9.88 Å². The summed E-state index contributed by atoms with van der Waals surface area (Å²) in [6, 6.07) is 4.66. The third kappa shape index (κ3) is 3.66. The van der Waals surface area contributed by atoms with Gasteiger partial charge >= 0.3 is 0 Å². The highest BCUT2D eigenvalue weighted by atomic mass is 79.9. The lowest BCUT2D eigenvalue weighted by atomic mass is 10.3. The van der Waals surface area contributed by atoms with Crippen molar-refractivity contribution in [2.24, 2.45) is 0 Å². The molecule has 2 aromatic heterocycles. The van der Waals surface area contributed by atoms with Crippen LogP contribution < -0.4 is 5.32 Å². The number of carbonyl (C=O) groups excluding carboxylic acids is 1. The third-order valence-corrected chi connectivity index (χ3v) is 3.25. The first-order valence-electron chi connectivity index (χ1n) is 6.28. The zero-order valence-electron chi connectivity index (χ0n) is 11.2. The van der Waals surface area contributed by atoms with Gasteiger partial charge in [-0.3, -0.25) is 14.9 Å². The Bertz CT molecular complexity index is 684. The summed E-state index contributed by atoms with van der Waals surface area (Å²) < 4.78 is 2.36. The molecule has 0 bridgehead atoms. The van der Waals surface area contributed by atoms with Crippen molar-refractivity contribution in [3.8, 4) is 0 Å². The number of nitrogens with one attached hydrogen (secondary N) is 1. The minimum Gasteiger partial charge on any atom is -0.337 e. The Balaban J connectivity index is 2.27. The number of halogens is 1. The van der Waals surface area contributed by atoms with Crippen LogP contribution in [0.15, 0.2) is 35.1 Å². The smallest absolute Gasteiger partial charge is 0.287 e. The average Bonchev–Trinajstić information content (AvgIpc) is 2.83. The number of nitrogens with zero attached hydrogens (tertiary/aromatic N) is 3. The van der Waals surface area contributed by atoms with E-state index in [0.29, 0.717) is 12.4 Å². The largest absolute Gasteiger partial charge is 0.337 e. The van der Waals surface area contributed by atoms with Crippen molar-refractivity contribution in [1.29, 1.82) is 0 Å². The topological polar surface area (TPSA) is 90.1 Å². The van der Waals surface area contributed by atoms with Gasteiger partial charge in [-0.2, -0.15) is 0 Å². The van der Waals surface area contributed by atoms with E-state index in [0.717, 1.165) is 10.9 Å². The highest BCUT2D eigenvalue weighted by molar-refractivity contribution is 9.10. The van der Waals surface area contributed by atoms with Crippen molar-refractivity contribution in [1.82, 2.24) is 9.55 Å². The Hall–Kier alpha value is -2.22. The number of anilines is 1. The second-order valence-corrected chi connectivity index (χ2v) is 5.26. The Labute approximate surface area is 129 Å². The Morgan fingerprint density at radius 1 is 1.52 bits per heavy atom. The van der Waals surface area contributed by atoms with Crippen LogP contribution in [0.4, 0.5) is 11.5 Å². The summed E-state index contributed by atoms with van der Waals surface area (Å²) in [5, 5.41) is 13.5. The summed E-state index contributed by atoms with van der Waals surface area (Å²) >= 11 is 3.29. The molecule has 0 aliphatic carbocycles. The molecule has 2 rings (SSSR count). The number of hydrogen-bond acceptors (Lipinski definition) is 4. The van der Waals surface area contributed by atoms with Gasteiger partial charge in [0, 0.05) is 23.3 Å². The molecule has 1 amide bonds. The van der Waals surface area contributed by atoms with Crippen LogP contribution >= 0.6 is 15.9 Å². The molecular formula is C13H13BrN4O3. The predicted molar refractivity (Wildman–Crippen MR) is 81.3 cm³/mol. The molecule has 0 unspecified atom stereocenters. The van der Waals surface area contributed by atoms with Crippen LogP contribution in [0.2, 0.25) is 0 Å². The first-order chi connectivity index (χ1) is 10.0. The first-order valence-corrected chi connectivity index (χ1v) is 7.08. The fourth-order valence-electron chi connectivity index (χ4n) is 1.86. The molecule has 0 aromatic carbocycles. The van der Waals surface area contributed by atoms with Gasteiger partial charge in [0.25, 0.3) is 11.6 Å². The van der Waals surface area contributed by atoms with E-state index in [9.17, 15) is 14.9 Å². The van der Waals surface area contributed by atoms with Gasteiger partial charge in [-0.05, 0) is 18.6 Å². The van der Waals surface area contributed by atoms with E-state index in [1.807, 2.05) is 6.92 Å². The summed E-state index contributed by atoms with van der Waals surface area (Å²) in [4.78, 5) is 26.6. The van der Waals surface area contributed by atoms with Crippen LogP contribution in [-0.2, 0) is 6.54 Å². The van der Waals surface area contributed by atoms with Gasteiger partial charge in [0.05, 0.1) is 11.1 Å². The van der Waals surface area contributed by atoms with Crippen LogP contribution in [-0.4, -0.2) is 20.4 Å². The maximum Gasteiger partial charge on any atom is 0.287 e. The van der Waals surface area contributed by atoms with Gasteiger partial charge in [-0.25, -0.2) is 4.98 Å². The predicted octanol–water partition coefficient (Wildman–Crippen LogP) is 3.22. The summed E-state index contributed by atoms with van der Waals surface area (Å²) in [6.45, 7) is 2.46. The van der Waals surface area contributed by atoms with Crippen molar-refractivity contribution in [3.05, 3.63) is 50.9 Å². The van der Waals surface area contributed by atoms with E-state index in [1.165, 1.54) is 12.3 Å². The molecule has 0 radical (unpaired) electrons.